The maximum absolute atomic E-state index is 12.6. The van der Waals surface area contributed by atoms with Gasteiger partial charge in [0.05, 0.1) is 0 Å². The molecule has 114 valence electrons. The standard InChI is InChI=1S/C15H26N2O3/c1-3-15(13(18)19)9-6-10-17(15)14(20)16(2)11-12-7-4-5-8-12/h12H,3-11H2,1-2H3,(H,18,19). The summed E-state index contributed by atoms with van der Waals surface area (Å²) in [6.45, 7) is 3.18. The van der Waals surface area contributed by atoms with E-state index >= 15 is 0 Å². The molecular weight excluding hydrogens is 256 g/mol. The summed E-state index contributed by atoms with van der Waals surface area (Å²) in [5.74, 6) is -0.271. The summed E-state index contributed by atoms with van der Waals surface area (Å²) in [5, 5.41) is 9.54. The minimum Gasteiger partial charge on any atom is -0.479 e. The minimum atomic E-state index is -0.985. The van der Waals surface area contributed by atoms with E-state index in [2.05, 4.69) is 0 Å². The van der Waals surface area contributed by atoms with Crippen molar-refractivity contribution < 1.29 is 14.7 Å². The average molecular weight is 282 g/mol. The predicted octanol–water partition coefficient (Wildman–Crippen LogP) is 2.56. The summed E-state index contributed by atoms with van der Waals surface area (Å²) in [7, 11) is 1.81. The van der Waals surface area contributed by atoms with Gasteiger partial charge in [-0.3, -0.25) is 0 Å². The van der Waals surface area contributed by atoms with E-state index in [1.807, 2.05) is 6.92 Å². The Kier molecular flexibility index (Phi) is 4.55. The zero-order chi connectivity index (χ0) is 14.8. The lowest BCUT2D eigenvalue weighted by molar-refractivity contribution is -0.148. The lowest BCUT2D eigenvalue weighted by Crippen LogP contribution is -2.56. The number of rotatable bonds is 4. The van der Waals surface area contributed by atoms with Crippen LogP contribution in [0, 0.1) is 5.92 Å². The average Bonchev–Trinajstić information content (AvgIpc) is 3.06. The Hall–Kier alpha value is -1.26. The summed E-state index contributed by atoms with van der Waals surface area (Å²) in [4.78, 5) is 27.5. The molecule has 5 heteroatoms. The van der Waals surface area contributed by atoms with Crippen molar-refractivity contribution in [1.29, 1.82) is 0 Å². The van der Waals surface area contributed by atoms with Crippen molar-refractivity contribution in [2.75, 3.05) is 20.1 Å². The van der Waals surface area contributed by atoms with Crippen LogP contribution in [0.3, 0.4) is 0 Å². The topological polar surface area (TPSA) is 60.9 Å². The molecule has 20 heavy (non-hydrogen) atoms. The monoisotopic (exact) mass is 282 g/mol. The number of carbonyl (C=O) groups excluding carboxylic acids is 1. The number of carbonyl (C=O) groups is 2. The molecule has 2 fully saturated rings. The van der Waals surface area contributed by atoms with E-state index in [-0.39, 0.29) is 6.03 Å². The number of hydrogen-bond donors (Lipinski definition) is 1. The van der Waals surface area contributed by atoms with Crippen molar-refractivity contribution in [2.45, 2.75) is 57.4 Å². The summed E-state index contributed by atoms with van der Waals surface area (Å²) in [5.41, 5.74) is -0.985. The van der Waals surface area contributed by atoms with Crippen LogP contribution < -0.4 is 0 Å². The van der Waals surface area contributed by atoms with Gasteiger partial charge in [0.25, 0.3) is 0 Å². The fourth-order valence-corrected chi connectivity index (χ4v) is 3.76. The van der Waals surface area contributed by atoms with Crippen LogP contribution in [0.2, 0.25) is 0 Å². The van der Waals surface area contributed by atoms with Gasteiger partial charge in [-0.2, -0.15) is 0 Å². The molecule has 1 atom stereocenters. The van der Waals surface area contributed by atoms with E-state index in [9.17, 15) is 14.7 Å². The second-order valence-corrected chi connectivity index (χ2v) is 6.26. The van der Waals surface area contributed by atoms with Crippen molar-refractivity contribution >= 4 is 12.0 Å². The van der Waals surface area contributed by atoms with Crippen molar-refractivity contribution in [2.24, 2.45) is 5.92 Å². The maximum atomic E-state index is 12.6. The predicted molar refractivity (Wildman–Crippen MR) is 76.6 cm³/mol. The fraction of sp³-hybridized carbons (Fsp3) is 0.867. The number of likely N-dealkylation sites (tertiary alicyclic amines) is 1. The largest absolute Gasteiger partial charge is 0.479 e. The maximum Gasteiger partial charge on any atom is 0.329 e. The van der Waals surface area contributed by atoms with Gasteiger partial charge in [0.15, 0.2) is 0 Å². The molecule has 0 aromatic heterocycles. The van der Waals surface area contributed by atoms with E-state index in [4.69, 9.17) is 0 Å². The number of hydrogen-bond acceptors (Lipinski definition) is 2. The normalized spacial score (nSPS) is 27.0. The molecule has 1 N–H and O–H groups in total. The van der Waals surface area contributed by atoms with E-state index < -0.39 is 11.5 Å². The summed E-state index contributed by atoms with van der Waals surface area (Å²) in [6.07, 6.45) is 6.72. The number of carboxylic acid groups (broad SMARTS) is 1. The van der Waals surface area contributed by atoms with Crippen molar-refractivity contribution in [3.63, 3.8) is 0 Å². The Labute approximate surface area is 120 Å². The number of carboxylic acids is 1. The van der Waals surface area contributed by atoms with Crippen LogP contribution in [-0.4, -0.2) is 52.6 Å². The Balaban J connectivity index is 2.04. The Morgan fingerprint density at radius 2 is 1.95 bits per heavy atom. The molecule has 1 aliphatic carbocycles. The first-order chi connectivity index (χ1) is 9.51. The van der Waals surface area contributed by atoms with Crippen molar-refractivity contribution in [3.8, 4) is 0 Å². The molecule has 1 saturated carbocycles. The van der Waals surface area contributed by atoms with Crippen LogP contribution in [0.15, 0.2) is 0 Å². The van der Waals surface area contributed by atoms with Gasteiger partial charge in [-0.15, -0.1) is 0 Å². The molecule has 1 heterocycles. The molecule has 0 aromatic rings. The lowest BCUT2D eigenvalue weighted by atomic mass is 9.93. The third-order valence-corrected chi connectivity index (χ3v) is 5.04. The molecule has 1 aliphatic heterocycles. The van der Waals surface area contributed by atoms with E-state index in [1.54, 1.807) is 16.8 Å². The second kappa shape index (κ2) is 6.02. The smallest absolute Gasteiger partial charge is 0.329 e. The first-order valence-electron chi connectivity index (χ1n) is 7.77. The molecule has 2 amide bonds. The SMILES string of the molecule is CCC1(C(=O)O)CCCN1C(=O)N(C)CC1CCCC1. The van der Waals surface area contributed by atoms with Crippen LogP contribution in [0.25, 0.3) is 0 Å². The number of aliphatic carboxylic acids is 1. The van der Waals surface area contributed by atoms with Gasteiger partial charge < -0.3 is 14.9 Å². The molecule has 0 bridgehead atoms. The summed E-state index contributed by atoms with van der Waals surface area (Å²) < 4.78 is 0. The molecule has 0 aromatic carbocycles. The zero-order valence-corrected chi connectivity index (χ0v) is 12.6. The van der Waals surface area contributed by atoms with Gasteiger partial charge in [-0.25, -0.2) is 9.59 Å². The Morgan fingerprint density at radius 3 is 2.50 bits per heavy atom. The van der Waals surface area contributed by atoms with Gasteiger partial charge in [0, 0.05) is 20.1 Å². The molecule has 0 spiro atoms. The fourth-order valence-electron chi connectivity index (χ4n) is 3.76. The number of nitrogens with zero attached hydrogens (tertiary/aromatic N) is 2. The van der Waals surface area contributed by atoms with Crippen LogP contribution in [-0.2, 0) is 4.79 Å². The van der Waals surface area contributed by atoms with Crippen LogP contribution in [0.4, 0.5) is 4.79 Å². The summed E-state index contributed by atoms with van der Waals surface area (Å²) in [6, 6.07) is -0.112. The first-order valence-corrected chi connectivity index (χ1v) is 7.77. The van der Waals surface area contributed by atoms with Crippen LogP contribution in [0.1, 0.15) is 51.9 Å². The van der Waals surface area contributed by atoms with Gasteiger partial charge in [0.2, 0.25) is 0 Å². The summed E-state index contributed by atoms with van der Waals surface area (Å²) >= 11 is 0. The number of urea groups is 1. The van der Waals surface area contributed by atoms with E-state index in [1.165, 1.54) is 25.7 Å². The third-order valence-electron chi connectivity index (χ3n) is 5.04. The second-order valence-electron chi connectivity index (χ2n) is 6.26. The highest BCUT2D eigenvalue weighted by Gasteiger charge is 2.49. The molecule has 2 rings (SSSR count). The molecule has 1 unspecified atom stereocenters. The molecule has 0 radical (unpaired) electrons. The highest BCUT2D eigenvalue weighted by molar-refractivity contribution is 5.87. The highest BCUT2D eigenvalue weighted by atomic mass is 16.4. The zero-order valence-electron chi connectivity index (χ0n) is 12.6. The third kappa shape index (κ3) is 2.63. The first kappa shape index (κ1) is 15.1. The van der Waals surface area contributed by atoms with Gasteiger partial charge >= 0.3 is 12.0 Å². The van der Waals surface area contributed by atoms with Gasteiger partial charge in [-0.05, 0) is 38.0 Å². The minimum absolute atomic E-state index is 0.112. The molecule has 2 aliphatic rings. The van der Waals surface area contributed by atoms with E-state index in [0.29, 0.717) is 25.3 Å². The number of amides is 2. The molecule has 1 saturated heterocycles. The van der Waals surface area contributed by atoms with Crippen LogP contribution >= 0.6 is 0 Å². The van der Waals surface area contributed by atoms with Gasteiger partial charge in [0.1, 0.15) is 5.54 Å². The Bertz CT molecular complexity index is 379. The van der Waals surface area contributed by atoms with Crippen LogP contribution in [0.5, 0.6) is 0 Å². The van der Waals surface area contributed by atoms with Gasteiger partial charge in [-0.1, -0.05) is 19.8 Å². The highest BCUT2D eigenvalue weighted by Crippen LogP contribution is 2.34. The molecular formula is C15H26N2O3. The quantitative estimate of drug-likeness (QED) is 0.862. The Morgan fingerprint density at radius 1 is 1.30 bits per heavy atom. The van der Waals surface area contributed by atoms with Crippen molar-refractivity contribution in [1.82, 2.24) is 9.80 Å². The van der Waals surface area contributed by atoms with Crippen molar-refractivity contribution in [3.05, 3.63) is 0 Å². The molecule has 5 nitrogen and oxygen atoms in total. The van der Waals surface area contributed by atoms with E-state index in [0.717, 1.165) is 13.0 Å². The lowest BCUT2D eigenvalue weighted by Gasteiger charge is -2.37.